The van der Waals surface area contributed by atoms with Crippen molar-refractivity contribution in [2.24, 2.45) is 0 Å². The van der Waals surface area contributed by atoms with Crippen LogP contribution >= 0.6 is 0 Å². The smallest absolute Gasteiger partial charge is 0.508 e. The summed E-state index contributed by atoms with van der Waals surface area (Å²) in [6.45, 7) is 7.38. The Labute approximate surface area is 170 Å². The molecule has 0 aliphatic carbocycles. The fourth-order valence-corrected chi connectivity index (χ4v) is 2.78. The number of ether oxygens (including phenoxy) is 2. The zero-order valence-electron chi connectivity index (χ0n) is 17.0. The third-order valence-corrected chi connectivity index (χ3v) is 4.12. The first-order valence-electron chi connectivity index (χ1n) is 9.37. The van der Waals surface area contributed by atoms with Gasteiger partial charge in [-0.3, -0.25) is 0 Å². The number of phenolic OH excluding ortho intramolecular Hbond substituents is 1. The van der Waals surface area contributed by atoms with Crippen molar-refractivity contribution in [3.8, 4) is 22.6 Å². The molecule has 0 aliphatic rings. The first kappa shape index (κ1) is 20.3. The number of rotatable bonds is 4. The zero-order valence-corrected chi connectivity index (χ0v) is 17.0. The van der Waals surface area contributed by atoms with E-state index in [9.17, 15) is 9.90 Å². The molecule has 0 atom stereocenters. The molecule has 0 fully saturated rings. The molecule has 0 unspecified atom stereocenters. The quantitative estimate of drug-likeness (QED) is 0.396. The van der Waals surface area contributed by atoms with Crippen LogP contribution in [0, 0.1) is 6.92 Å². The molecule has 0 bridgehead atoms. The number of aromatic hydroxyl groups is 1. The van der Waals surface area contributed by atoms with Crippen LogP contribution in [0.5, 0.6) is 11.5 Å². The van der Waals surface area contributed by atoms with Crippen LogP contribution in [0.25, 0.3) is 11.1 Å². The molecule has 3 aromatic carbocycles. The molecule has 0 saturated carbocycles. The average molecular weight is 391 g/mol. The predicted octanol–water partition coefficient (Wildman–Crippen LogP) is 6.43. The van der Waals surface area contributed by atoms with Gasteiger partial charge < -0.3 is 19.9 Å². The van der Waals surface area contributed by atoms with Crippen LogP contribution in [0.4, 0.5) is 16.2 Å². The predicted molar refractivity (Wildman–Crippen MR) is 115 cm³/mol. The van der Waals surface area contributed by atoms with Crippen molar-refractivity contribution in [1.29, 1.82) is 0 Å². The molecule has 0 saturated heterocycles. The molecule has 0 radical (unpaired) electrons. The fraction of sp³-hybridized carbons (Fsp3) is 0.208. The third kappa shape index (κ3) is 5.75. The van der Waals surface area contributed by atoms with E-state index in [0.29, 0.717) is 5.75 Å². The average Bonchev–Trinajstić information content (AvgIpc) is 2.62. The van der Waals surface area contributed by atoms with E-state index < -0.39 is 11.8 Å². The summed E-state index contributed by atoms with van der Waals surface area (Å²) in [6.07, 6.45) is -0.732. The molecule has 29 heavy (non-hydrogen) atoms. The lowest BCUT2D eigenvalue weighted by Crippen LogP contribution is -2.25. The van der Waals surface area contributed by atoms with Crippen molar-refractivity contribution in [2.75, 3.05) is 5.32 Å². The van der Waals surface area contributed by atoms with Crippen molar-refractivity contribution in [1.82, 2.24) is 0 Å². The minimum atomic E-state index is -0.732. The lowest BCUT2D eigenvalue weighted by atomic mass is 10.0. The summed E-state index contributed by atoms with van der Waals surface area (Å²) in [6, 6.07) is 20.3. The van der Waals surface area contributed by atoms with Crippen molar-refractivity contribution >= 4 is 17.5 Å². The van der Waals surface area contributed by atoms with E-state index in [1.807, 2.05) is 43.3 Å². The SMILES string of the molecule is Cc1ccc(-c2cccc(OC(=O)OC(C)(C)C)c2)cc1Nc1cccc(O)c1. The fourth-order valence-electron chi connectivity index (χ4n) is 2.78. The van der Waals surface area contributed by atoms with Gasteiger partial charge in [0, 0.05) is 17.4 Å². The van der Waals surface area contributed by atoms with Gasteiger partial charge in [0.05, 0.1) is 0 Å². The lowest BCUT2D eigenvalue weighted by Gasteiger charge is -2.18. The molecule has 0 heterocycles. The van der Waals surface area contributed by atoms with Crippen LogP contribution in [0.3, 0.4) is 0 Å². The maximum atomic E-state index is 11.9. The number of aryl methyl sites for hydroxylation is 1. The number of carbonyl (C=O) groups is 1. The van der Waals surface area contributed by atoms with Gasteiger partial charge in [0.1, 0.15) is 17.1 Å². The summed E-state index contributed by atoms with van der Waals surface area (Å²) in [7, 11) is 0. The first-order chi connectivity index (χ1) is 13.7. The number of anilines is 2. The Morgan fingerprint density at radius 2 is 1.66 bits per heavy atom. The second-order valence-corrected chi connectivity index (χ2v) is 7.80. The van der Waals surface area contributed by atoms with E-state index in [0.717, 1.165) is 28.1 Å². The summed E-state index contributed by atoms with van der Waals surface area (Å²) in [4.78, 5) is 11.9. The Balaban J connectivity index is 1.83. The largest absolute Gasteiger partial charge is 0.514 e. The molecule has 150 valence electrons. The highest BCUT2D eigenvalue weighted by Crippen LogP contribution is 2.30. The van der Waals surface area contributed by atoms with Crippen LogP contribution in [-0.4, -0.2) is 16.9 Å². The number of hydrogen-bond donors (Lipinski definition) is 2. The summed E-state index contributed by atoms with van der Waals surface area (Å²) < 4.78 is 10.5. The van der Waals surface area contributed by atoms with E-state index >= 15 is 0 Å². The number of benzene rings is 3. The first-order valence-corrected chi connectivity index (χ1v) is 9.37. The molecule has 3 rings (SSSR count). The monoisotopic (exact) mass is 391 g/mol. The Hall–Kier alpha value is -3.47. The van der Waals surface area contributed by atoms with Gasteiger partial charge in [0.15, 0.2) is 0 Å². The Morgan fingerprint density at radius 3 is 2.38 bits per heavy atom. The minimum Gasteiger partial charge on any atom is -0.508 e. The normalized spacial score (nSPS) is 11.0. The molecule has 5 heteroatoms. The third-order valence-electron chi connectivity index (χ3n) is 4.12. The molecule has 2 N–H and O–H groups in total. The highest BCUT2D eigenvalue weighted by molar-refractivity contribution is 5.74. The minimum absolute atomic E-state index is 0.204. The highest BCUT2D eigenvalue weighted by atomic mass is 16.7. The van der Waals surface area contributed by atoms with E-state index in [1.165, 1.54) is 0 Å². The topological polar surface area (TPSA) is 67.8 Å². The van der Waals surface area contributed by atoms with Gasteiger partial charge in [-0.25, -0.2) is 4.79 Å². The summed E-state index contributed by atoms with van der Waals surface area (Å²) >= 11 is 0. The van der Waals surface area contributed by atoms with Crippen LogP contribution in [0.15, 0.2) is 66.7 Å². The standard InChI is InChI=1S/C24H25NO4/c1-16-11-12-18(14-22(16)25-19-8-6-9-20(26)15-19)17-7-5-10-21(13-17)28-23(27)29-24(2,3)4/h5-15,25-26H,1-4H3. The van der Waals surface area contributed by atoms with E-state index in [1.54, 1.807) is 51.1 Å². The van der Waals surface area contributed by atoms with Crippen molar-refractivity contribution in [3.05, 3.63) is 72.3 Å². The summed E-state index contributed by atoms with van der Waals surface area (Å²) in [5.74, 6) is 0.621. The molecular formula is C24H25NO4. The van der Waals surface area contributed by atoms with Crippen LogP contribution in [0.1, 0.15) is 26.3 Å². The Kier molecular flexibility index (Phi) is 5.78. The number of nitrogens with one attached hydrogen (secondary N) is 1. The second-order valence-electron chi connectivity index (χ2n) is 7.80. The number of hydrogen-bond acceptors (Lipinski definition) is 5. The van der Waals surface area contributed by atoms with Gasteiger partial charge in [-0.1, -0.05) is 30.3 Å². The molecular weight excluding hydrogens is 366 g/mol. The van der Waals surface area contributed by atoms with Gasteiger partial charge in [-0.2, -0.15) is 0 Å². The van der Waals surface area contributed by atoms with E-state index in [4.69, 9.17) is 9.47 Å². The number of phenols is 1. The zero-order chi connectivity index (χ0) is 21.0. The second kappa shape index (κ2) is 8.27. The Bertz CT molecular complexity index is 1020. The maximum absolute atomic E-state index is 11.9. The van der Waals surface area contributed by atoms with Crippen LogP contribution in [0.2, 0.25) is 0 Å². The van der Waals surface area contributed by atoms with Crippen molar-refractivity contribution < 1.29 is 19.4 Å². The van der Waals surface area contributed by atoms with Crippen LogP contribution < -0.4 is 10.1 Å². The molecule has 3 aromatic rings. The molecule has 0 aliphatic heterocycles. The molecule has 0 spiro atoms. The van der Waals surface area contributed by atoms with Gasteiger partial charge in [0.25, 0.3) is 0 Å². The molecule has 5 nitrogen and oxygen atoms in total. The maximum Gasteiger partial charge on any atom is 0.514 e. The van der Waals surface area contributed by atoms with Gasteiger partial charge in [-0.15, -0.1) is 0 Å². The highest BCUT2D eigenvalue weighted by Gasteiger charge is 2.18. The number of carbonyl (C=O) groups excluding carboxylic acids is 1. The van der Waals surface area contributed by atoms with Gasteiger partial charge in [-0.05, 0) is 74.7 Å². The molecule has 0 aromatic heterocycles. The lowest BCUT2D eigenvalue weighted by molar-refractivity contribution is 0.0206. The van der Waals surface area contributed by atoms with Crippen LogP contribution in [-0.2, 0) is 4.74 Å². The Morgan fingerprint density at radius 1 is 0.931 bits per heavy atom. The molecule has 0 amide bonds. The van der Waals surface area contributed by atoms with Crippen molar-refractivity contribution in [3.63, 3.8) is 0 Å². The van der Waals surface area contributed by atoms with E-state index in [2.05, 4.69) is 5.32 Å². The summed E-state index contributed by atoms with van der Waals surface area (Å²) in [5.41, 5.74) is 4.05. The summed E-state index contributed by atoms with van der Waals surface area (Å²) in [5, 5.41) is 13.0. The van der Waals surface area contributed by atoms with Gasteiger partial charge in [0.2, 0.25) is 0 Å². The van der Waals surface area contributed by atoms with Gasteiger partial charge >= 0.3 is 6.16 Å². The van der Waals surface area contributed by atoms with E-state index in [-0.39, 0.29) is 5.75 Å². The van der Waals surface area contributed by atoms with Crippen molar-refractivity contribution in [2.45, 2.75) is 33.3 Å².